The van der Waals surface area contributed by atoms with Gasteiger partial charge in [0.2, 0.25) is 15.9 Å². The molecule has 2 aliphatic heterocycles. The van der Waals surface area contributed by atoms with Crippen molar-refractivity contribution in [2.24, 2.45) is 5.92 Å². The number of methoxy groups -OCH3 is 1. The summed E-state index contributed by atoms with van der Waals surface area (Å²) in [5.74, 6) is 0.885. The van der Waals surface area contributed by atoms with Gasteiger partial charge in [0.15, 0.2) is 0 Å². The summed E-state index contributed by atoms with van der Waals surface area (Å²) in [5, 5.41) is 0. The van der Waals surface area contributed by atoms with E-state index in [9.17, 15) is 13.2 Å². The topological polar surface area (TPSA) is 70.2 Å². The van der Waals surface area contributed by atoms with E-state index in [1.807, 2.05) is 30.3 Å². The zero-order valence-electron chi connectivity index (χ0n) is 18.0. The van der Waals surface area contributed by atoms with E-state index >= 15 is 0 Å². The van der Waals surface area contributed by atoms with Crippen molar-refractivity contribution in [1.29, 1.82) is 0 Å². The van der Waals surface area contributed by atoms with E-state index in [0.717, 1.165) is 34.3 Å². The van der Waals surface area contributed by atoms with Gasteiger partial charge in [0.1, 0.15) is 10.6 Å². The third-order valence-electron chi connectivity index (χ3n) is 6.47. The van der Waals surface area contributed by atoms with Crippen LogP contribution < -0.4 is 14.5 Å². The van der Waals surface area contributed by atoms with E-state index in [4.69, 9.17) is 4.74 Å². The molecular formula is C23H26BrN3O4S. The number of hydrogen-bond acceptors (Lipinski definition) is 5. The molecule has 1 saturated carbocycles. The van der Waals surface area contributed by atoms with Gasteiger partial charge in [-0.1, -0.05) is 28.1 Å². The second-order valence-corrected chi connectivity index (χ2v) is 11.3. The lowest BCUT2D eigenvalue weighted by Gasteiger charge is -2.36. The van der Waals surface area contributed by atoms with Crippen LogP contribution in [0.15, 0.2) is 45.8 Å². The maximum absolute atomic E-state index is 13.7. The summed E-state index contributed by atoms with van der Waals surface area (Å²) >= 11 is 3.48. The number of ether oxygens (including phenoxy) is 1. The Labute approximate surface area is 197 Å². The van der Waals surface area contributed by atoms with Crippen molar-refractivity contribution in [2.45, 2.75) is 24.2 Å². The summed E-state index contributed by atoms with van der Waals surface area (Å²) in [4.78, 5) is 17.0. The number of benzene rings is 2. The second kappa shape index (κ2) is 8.35. The molecule has 7 nitrogen and oxygen atoms in total. The summed E-state index contributed by atoms with van der Waals surface area (Å²) in [5.41, 5.74) is 2.47. The highest BCUT2D eigenvalue weighted by Gasteiger charge is 2.41. The Morgan fingerprint density at radius 3 is 2.47 bits per heavy atom. The molecule has 170 valence electrons. The van der Waals surface area contributed by atoms with Gasteiger partial charge in [-0.3, -0.25) is 4.79 Å². The summed E-state index contributed by atoms with van der Waals surface area (Å²) in [6.45, 7) is 2.43. The Bertz CT molecular complexity index is 1160. The van der Waals surface area contributed by atoms with Crippen LogP contribution in [0.4, 0.5) is 11.4 Å². The van der Waals surface area contributed by atoms with Gasteiger partial charge in [0.25, 0.3) is 0 Å². The first-order valence-corrected chi connectivity index (χ1v) is 13.2. The molecule has 1 amide bonds. The van der Waals surface area contributed by atoms with Crippen LogP contribution in [0.5, 0.6) is 5.75 Å². The Balaban J connectivity index is 1.42. The van der Waals surface area contributed by atoms with Gasteiger partial charge < -0.3 is 14.5 Å². The fraction of sp³-hybridized carbons (Fsp3) is 0.435. The number of sulfonamides is 1. The average molecular weight is 520 g/mol. The number of anilines is 2. The Morgan fingerprint density at radius 1 is 1.06 bits per heavy atom. The Hall–Kier alpha value is -2.10. The molecule has 1 saturated heterocycles. The maximum Gasteiger partial charge on any atom is 0.245 e. The maximum atomic E-state index is 13.7. The van der Waals surface area contributed by atoms with Crippen LogP contribution in [0.3, 0.4) is 0 Å². The van der Waals surface area contributed by atoms with Crippen LogP contribution in [-0.2, 0) is 21.2 Å². The van der Waals surface area contributed by atoms with Crippen LogP contribution in [0.2, 0.25) is 0 Å². The van der Waals surface area contributed by atoms with Gasteiger partial charge in [-0.2, -0.15) is 4.31 Å². The normalized spacial score (nSPS) is 19.2. The molecular weight excluding hydrogens is 494 g/mol. The number of carbonyl (C=O) groups excluding carboxylic acids is 1. The van der Waals surface area contributed by atoms with Crippen molar-refractivity contribution in [2.75, 3.05) is 49.6 Å². The summed E-state index contributed by atoms with van der Waals surface area (Å²) in [7, 11) is -2.11. The zero-order valence-corrected chi connectivity index (χ0v) is 20.4. The van der Waals surface area contributed by atoms with Crippen molar-refractivity contribution in [1.82, 2.24) is 4.31 Å². The molecule has 2 fully saturated rings. The lowest BCUT2D eigenvalue weighted by Crippen LogP contribution is -2.49. The standard InChI is InChI=1S/C23H26BrN3O4S/c1-31-20-5-3-2-4-19(20)25-10-12-26(13-11-25)32(29,30)21-15-18(24)14-17-8-9-27(22(17)21)23(28)16-6-7-16/h2-5,14-16H,6-13H2,1H3. The third-order valence-corrected chi connectivity index (χ3v) is 8.84. The molecule has 0 bridgehead atoms. The van der Waals surface area contributed by atoms with Crippen LogP contribution in [0.1, 0.15) is 18.4 Å². The number of nitrogens with zero attached hydrogens (tertiary/aromatic N) is 3. The fourth-order valence-electron chi connectivity index (χ4n) is 4.64. The van der Waals surface area contributed by atoms with Crippen molar-refractivity contribution in [3.8, 4) is 5.75 Å². The van der Waals surface area contributed by atoms with Crippen molar-refractivity contribution in [3.05, 3.63) is 46.4 Å². The molecule has 1 aliphatic carbocycles. The summed E-state index contributed by atoms with van der Waals surface area (Å²) < 4.78 is 35.2. The van der Waals surface area contributed by atoms with Crippen LogP contribution in [-0.4, -0.2) is 58.5 Å². The molecule has 32 heavy (non-hydrogen) atoms. The third kappa shape index (κ3) is 3.80. The van der Waals surface area contributed by atoms with Gasteiger partial charge in [-0.25, -0.2) is 8.42 Å². The van der Waals surface area contributed by atoms with Crippen LogP contribution in [0, 0.1) is 5.92 Å². The zero-order chi connectivity index (χ0) is 22.5. The van der Waals surface area contributed by atoms with Crippen molar-refractivity contribution >= 4 is 43.2 Å². The molecule has 0 atom stereocenters. The minimum absolute atomic E-state index is 0.0459. The molecule has 9 heteroatoms. The molecule has 0 radical (unpaired) electrons. The first-order chi connectivity index (χ1) is 15.4. The van der Waals surface area contributed by atoms with Gasteiger partial charge in [-0.15, -0.1) is 0 Å². The highest BCUT2D eigenvalue weighted by molar-refractivity contribution is 9.10. The van der Waals surface area contributed by atoms with Gasteiger partial charge in [0, 0.05) is 43.1 Å². The molecule has 2 aromatic carbocycles. The fourth-order valence-corrected chi connectivity index (χ4v) is 6.98. The van der Waals surface area contributed by atoms with Crippen molar-refractivity contribution < 1.29 is 17.9 Å². The number of carbonyl (C=O) groups is 1. The molecule has 2 aromatic rings. The number of hydrogen-bond donors (Lipinski definition) is 0. The first kappa shape index (κ1) is 21.7. The largest absolute Gasteiger partial charge is 0.495 e. The monoisotopic (exact) mass is 519 g/mol. The van der Waals surface area contributed by atoms with Crippen LogP contribution >= 0.6 is 15.9 Å². The average Bonchev–Trinajstić information content (AvgIpc) is 3.57. The minimum atomic E-state index is -3.75. The number of rotatable bonds is 5. The number of fused-ring (bicyclic) bond motifs is 1. The van der Waals surface area contributed by atoms with E-state index in [1.165, 1.54) is 0 Å². The number of amides is 1. The first-order valence-electron chi connectivity index (χ1n) is 10.9. The highest BCUT2D eigenvalue weighted by atomic mass is 79.9. The van der Waals surface area contributed by atoms with E-state index in [0.29, 0.717) is 44.8 Å². The number of piperazine rings is 1. The number of para-hydroxylation sites is 2. The van der Waals surface area contributed by atoms with Gasteiger partial charge in [0.05, 0.1) is 18.5 Å². The minimum Gasteiger partial charge on any atom is -0.495 e. The predicted molar refractivity (Wildman–Crippen MR) is 127 cm³/mol. The summed E-state index contributed by atoms with van der Waals surface area (Å²) in [6.07, 6.45) is 2.47. The molecule has 0 spiro atoms. The Morgan fingerprint density at radius 2 is 1.78 bits per heavy atom. The van der Waals surface area contributed by atoms with Crippen molar-refractivity contribution in [3.63, 3.8) is 0 Å². The molecule has 0 unspecified atom stereocenters. The lowest BCUT2D eigenvalue weighted by molar-refractivity contribution is -0.119. The SMILES string of the molecule is COc1ccccc1N1CCN(S(=O)(=O)c2cc(Br)cc3c2N(C(=O)C2CC2)CC3)CC1. The molecule has 5 rings (SSSR count). The van der Waals surface area contributed by atoms with E-state index in [1.54, 1.807) is 22.4 Å². The predicted octanol–water partition coefficient (Wildman–Crippen LogP) is 3.27. The van der Waals surface area contributed by atoms with Gasteiger partial charge >= 0.3 is 0 Å². The highest BCUT2D eigenvalue weighted by Crippen LogP contribution is 2.42. The van der Waals surface area contributed by atoms with Gasteiger partial charge in [-0.05, 0) is 49.1 Å². The number of halogens is 1. The molecule has 0 aromatic heterocycles. The smallest absolute Gasteiger partial charge is 0.245 e. The molecule has 3 aliphatic rings. The lowest BCUT2D eigenvalue weighted by atomic mass is 10.2. The Kier molecular flexibility index (Phi) is 5.67. The van der Waals surface area contributed by atoms with E-state index < -0.39 is 10.0 Å². The molecule has 0 N–H and O–H groups in total. The molecule has 2 heterocycles. The summed E-state index contributed by atoms with van der Waals surface area (Å²) in [6, 6.07) is 11.4. The van der Waals surface area contributed by atoms with E-state index in [2.05, 4.69) is 20.8 Å². The second-order valence-electron chi connectivity index (χ2n) is 8.49. The van der Waals surface area contributed by atoms with E-state index in [-0.39, 0.29) is 16.7 Å². The van der Waals surface area contributed by atoms with Crippen LogP contribution in [0.25, 0.3) is 0 Å². The quantitative estimate of drug-likeness (QED) is 0.606.